The Kier molecular flexibility index (Phi) is 4.26. The van der Waals surface area contributed by atoms with E-state index in [1.54, 1.807) is 11.9 Å². The zero-order valence-corrected chi connectivity index (χ0v) is 12.6. The minimum Gasteiger partial charge on any atom is -0.333 e. The molecule has 8 nitrogen and oxygen atoms in total. The second-order valence-electron chi connectivity index (χ2n) is 5.68. The Morgan fingerprint density at radius 3 is 2.81 bits per heavy atom. The Morgan fingerprint density at radius 2 is 2.24 bits per heavy atom. The first-order valence-corrected chi connectivity index (χ1v) is 7.05. The largest absolute Gasteiger partial charge is 0.333 e. The minimum atomic E-state index is -0.542. The Hall–Kier alpha value is -1.96. The molecule has 2 rings (SSSR count). The number of aryl methyl sites for hydroxylation is 2. The molecule has 1 amide bonds. The highest BCUT2D eigenvalue weighted by atomic mass is 16.6. The third kappa shape index (κ3) is 2.76. The molecular weight excluding hydrogens is 274 g/mol. The molecule has 1 aliphatic rings. The van der Waals surface area contributed by atoms with Crippen LogP contribution in [0.2, 0.25) is 0 Å². The second kappa shape index (κ2) is 5.80. The number of amides is 1. The van der Waals surface area contributed by atoms with Gasteiger partial charge in [-0.05, 0) is 25.7 Å². The fourth-order valence-electron chi connectivity index (χ4n) is 2.98. The van der Waals surface area contributed by atoms with Crippen LogP contribution < -0.4 is 5.73 Å². The van der Waals surface area contributed by atoms with E-state index in [4.69, 9.17) is 5.73 Å². The average molecular weight is 295 g/mol. The molecule has 1 fully saturated rings. The lowest BCUT2D eigenvalue weighted by atomic mass is 9.92. The SMILES string of the molecule is Cc1nn(C)c(C(=O)N2CCC(C)CC2CN)c1[N+](=O)[O-]. The molecule has 2 N–H and O–H groups in total. The lowest BCUT2D eigenvalue weighted by Gasteiger charge is -2.37. The number of nitrogens with two attached hydrogens (primary N) is 1. The van der Waals surface area contributed by atoms with E-state index in [0.29, 0.717) is 19.0 Å². The molecule has 0 saturated carbocycles. The molecule has 1 aromatic heterocycles. The number of rotatable bonds is 3. The zero-order chi connectivity index (χ0) is 15.7. The highest BCUT2D eigenvalue weighted by molar-refractivity contribution is 5.97. The normalized spacial score (nSPS) is 22.4. The molecule has 0 aliphatic carbocycles. The molecule has 2 heterocycles. The van der Waals surface area contributed by atoms with E-state index in [1.165, 1.54) is 11.6 Å². The van der Waals surface area contributed by atoms with Crippen molar-refractivity contribution in [1.82, 2.24) is 14.7 Å². The van der Waals surface area contributed by atoms with Crippen molar-refractivity contribution < 1.29 is 9.72 Å². The van der Waals surface area contributed by atoms with Gasteiger partial charge in [-0.2, -0.15) is 5.10 Å². The number of nitrogens with zero attached hydrogens (tertiary/aromatic N) is 4. The molecular formula is C13H21N5O3. The van der Waals surface area contributed by atoms with Gasteiger partial charge in [-0.25, -0.2) is 0 Å². The average Bonchev–Trinajstić information content (AvgIpc) is 2.72. The van der Waals surface area contributed by atoms with Crippen LogP contribution in [0.1, 0.15) is 35.9 Å². The smallest absolute Gasteiger partial charge is 0.322 e. The first kappa shape index (κ1) is 15.4. The standard InChI is InChI=1S/C13H21N5O3/c1-8-4-5-17(10(6-8)7-14)13(19)12-11(18(20)21)9(2)15-16(12)3/h8,10H,4-7,14H2,1-3H3. The van der Waals surface area contributed by atoms with Crippen LogP contribution in [0.4, 0.5) is 5.69 Å². The van der Waals surface area contributed by atoms with Crippen LogP contribution in [0.5, 0.6) is 0 Å². The highest BCUT2D eigenvalue weighted by Crippen LogP contribution is 2.28. The van der Waals surface area contributed by atoms with E-state index in [2.05, 4.69) is 12.0 Å². The first-order chi connectivity index (χ1) is 9.86. The van der Waals surface area contributed by atoms with E-state index in [-0.39, 0.29) is 29.0 Å². The van der Waals surface area contributed by atoms with Gasteiger partial charge in [0, 0.05) is 26.2 Å². The predicted molar refractivity (Wildman–Crippen MR) is 76.9 cm³/mol. The van der Waals surface area contributed by atoms with E-state index >= 15 is 0 Å². The molecule has 1 saturated heterocycles. The van der Waals surface area contributed by atoms with Gasteiger partial charge >= 0.3 is 5.69 Å². The third-order valence-electron chi connectivity index (χ3n) is 4.09. The third-order valence-corrected chi connectivity index (χ3v) is 4.09. The van der Waals surface area contributed by atoms with Crippen molar-refractivity contribution in [3.05, 3.63) is 21.5 Å². The van der Waals surface area contributed by atoms with E-state index in [1.807, 2.05) is 0 Å². The predicted octanol–water partition coefficient (Wildman–Crippen LogP) is 0.836. The van der Waals surface area contributed by atoms with Crippen molar-refractivity contribution >= 4 is 11.6 Å². The molecule has 0 radical (unpaired) electrons. The van der Waals surface area contributed by atoms with Crippen molar-refractivity contribution in [2.24, 2.45) is 18.7 Å². The number of carbonyl (C=O) groups excluding carboxylic acids is 1. The van der Waals surface area contributed by atoms with Gasteiger partial charge in [-0.1, -0.05) is 6.92 Å². The van der Waals surface area contributed by atoms with Crippen LogP contribution in [0.15, 0.2) is 0 Å². The fraction of sp³-hybridized carbons (Fsp3) is 0.692. The Labute approximate surface area is 123 Å². The van der Waals surface area contributed by atoms with E-state index in [0.717, 1.165) is 12.8 Å². The summed E-state index contributed by atoms with van der Waals surface area (Å²) in [6.45, 7) is 4.60. The summed E-state index contributed by atoms with van der Waals surface area (Å²) in [6, 6.07) is -0.0731. The minimum absolute atomic E-state index is 0.0329. The Morgan fingerprint density at radius 1 is 1.57 bits per heavy atom. The summed E-state index contributed by atoms with van der Waals surface area (Å²) in [6.07, 6.45) is 1.71. The van der Waals surface area contributed by atoms with Crippen molar-refractivity contribution in [2.45, 2.75) is 32.7 Å². The maximum atomic E-state index is 12.7. The number of likely N-dealkylation sites (tertiary alicyclic amines) is 1. The van der Waals surface area contributed by atoms with Crippen LogP contribution in [-0.4, -0.2) is 44.6 Å². The van der Waals surface area contributed by atoms with Crippen molar-refractivity contribution in [1.29, 1.82) is 0 Å². The molecule has 116 valence electrons. The molecule has 1 aromatic rings. The maximum absolute atomic E-state index is 12.7. The Bertz CT molecular complexity index is 568. The van der Waals surface area contributed by atoms with Gasteiger partial charge in [0.05, 0.1) is 4.92 Å². The molecule has 8 heteroatoms. The molecule has 0 spiro atoms. The van der Waals surface area contributed by atoms with Gasteiger partial charge < -0.3 is 10.6 Å². The van der Waals surface area contributed by atoms with Crippen LogP contribution in [0.3, 0.4) is 0 Å². The number of nitro groups is 1. The number of hydrogen-bond donors (Lipinski definition) is 1. The lowest BCUT2D eigenvalue weighted by Crippen LogP contribution is -2.49. The fourth-order valence-corrected chi connectivity index (χ4v) is 2.98. The summed E-state index contributed by atoms with van der Waals surface area (Å²) in [5, 5.41) is 15.2. The van der Waals surface area contributed by atoms with Gasteiger partial charge in [0.1, 0.15) is 5.69 Å². The molecule has 2 atom stereocenters. The Balaban J connectivity index is 2.38. The van der Waals surface area contributed by atoms with Crippen LogP contribution in [0, 0.1) is 23.0 Å². The van der Waals surface area contributed by atoms with Crippen LogP contribution >= 0.6 is 0 Å². The molecule has 21 heavy (non-hydrogen) atoms. The number of aromatic nitrogens is 2. The lowest BCUT2D eigenvalue weighted by molar-refractivity contribution is -0.385. The molecule has 0 aromatic carbocycles. The summed E-state index contributed by atoms with van der Waals surface area (Å²) >= 11 is 0. The van der Waals surface area contributed by atoms with Crippen molar-refractivity contribution in [2.75, 3.05) is 13.1 Å². The summed E-state index contributed by atoms with van der Waals surface area (Å²) in [4.78, 5) is 25.1. The van der Waals surface area contributed by atoms with Crippen molar-refractivity contribution in [3.8, 4) is 0 Å². The first-order valence-electron chi connectivity index (χ1n) is 7.05. The topological polar surface area (TPSA) is 107 Å². The van der Waals surface area contributed by atoms with E-state index < -0.39 is 4.92 Å². The summed E-state index contributed by atoms with van der Waals surface area (Å²) in [5.74, 6) is 0.151. The summed E-state index contributed by atoms with van der Waals surface area (Å²) in [7, 11) is 1.55. The number of piperidine rings is 1. The molecule has 2 unspecified atom stereocenters. The van der Waals surface area contributed by atoms with Gasteiger partial charge in [0.15, 0.2) is 0 Å². The van der Waals surface area contributed by atoms with Crippen molar-refractivity contribution in [3.63, 3.8) is 0 Å². The number of carbonyl (C=O) groups is 1. The molecule has 1 aliphatic heterocycles. The monoisotopic (exact) mass is 295 g/mol. The van der Waals surface area contributed by atoms with Gasteiger partial charge in [-0.15, -0.1) is 0 Å². The quantitative estimate of drug-likeness (QED) is 0.656. The van der Waals surface area contributed by atoms with Crippen LogP contribution in [-0.2, 0) is 7.05 Å². The summed E-state index contributed by atoms with van der Waals surface area (Å²) < 4.78 is 1.29. The summed E-state index contributed by atoms with van der Waals surface area (Å²) in [5.41, 5.74) is 5.83. The molecule has 0 bridgehead atoms. The second-order valence-corrected chi connectivity index (χ2v) is 5.68. The van der Waals surface area contributed by atoms with Gasteiger partial charge in [0.25, 0.3) is 5.91 Å². The maximum Gasteiger partial charge on any atom is 0.322 e. The van der Waals surface area contributed by atoms with Gasteiger partial charge in [-0.3, -0.25) is 19.6 Å². The van der Waals surface area contributed by atoms with E-state index in [9.17, 15) is 14.9 Å². The van der Waals surface area contributed by atoms with Crippen LogP contribution in [0.25, 0.3) is 0 Å². The zero-order valence-electron chi connectivity index (χ0n) is 12.6. The van der Waals surface area contributed by atoms with Gasteiger partial charge in [0.2, 0.25) is 5.69 Å². The highest BCUT2D eigenvalue weighted by Gasteiger charge is 2.36. The number of hydrogen-bond acceptors (Lipinski definition) is 5.